The summed E-state index contributed by atoms with van der Waals surface area (Å²) in [4.78, 5) is 37.6. The fourth-order valence-electron chi connectivity index (χ4n) is 3.09. The molecule has 31 heavy (non-hydrogen) atoms. The van der Waals surface area contributed by atoms with Crippen LogP contribution in [-0.2, 0) is 11.3 Å². The first-order chi connectivity index (χ1) is 15.0. The molecule has 1 N–H and O–H groups in total. The molecule has 0 spiro atoms. The van der Waals surface area contributed by atoms with Crippen LogP contribution in [0.1, 0.15) is 27.2 Å². The van der Waals surface area contributed by atoms with Gasteiger partial charge < -0.3 is 9.52 Å². The van der Waals surface area contributed by atoms with E-state index in [-0.39, 0.29) is 17.0 Å². The Balaban J connectivity index is 1.56. The summed E-state index contributed by atoms with van der Waals surface area (Å²) in [6, 6.07) is 18.5. The van der Waals surface area contributed by atoms with Crippen LogP contribution in [0.15, 0.2) is 70.0 Å². The highest BCUT2D eigenvalue weighted by atomic mass is 32.2. The average Bonchev–Trinajstić information content (AvgIpc) is 3.34. The van der Waals surface area contributed by atoms with Crippen LogP contribution < -0.4 is 0 Å². The number of amides is 2. The number of carboxylic acids is 1. The van der Waals surface area contributed by atoms with Gasteiger partial charge in [-0.05, 0) is 47.7 Å². The van der Waals surface area contributed by atoms with E-state index < -0.39 is 17.1 Å². The van der Waals surface area contributed by atoms with Gasteiger partial charge in [0.05, 0.1) is 28.6 Å². The molecule has 2 aromatic carbocycles. The van der Waals surface area contributed by atoms with Gasteiger partial charge in [-0.15, -0.1) is 0 Å². The standard InChI is InChI=1S/C23H14N2O5S/c24-12-16-4-1-2-5-17(16)13-25-21(26)20(31-23(25)29)11-18-8-9-19(30-18)14-6-3-7-15(10-14)22(27)28/h1-11H,13H2,(H,27,28)/b20-11-. The normalized spacial score (nSPS) is 14.8. The summed E-state index contributed by atoms with van der Waals surface area (Å²) in [6.07, 6.45) is 1.48. The number of carboxylic acid groups (broad SMARTS) is 1. The minimum atomic E-state index is -1.04. The number of nitriles is 1. The quantitative estimate of drug-likeness (QED) is 0.581. The Morgan fingerprint density at radius 1 is 1.13 bits per heavy atom. The van der Waals surface area contributed by atoms with E-state index >= 15 is 0 Å². The van der Waals surface area contributed by atoms with Crippen LogP contribution in [0, 0.1) is 11.3 Å². The molecule has 2 heterocycles. The monoisotopic (exact) mass is 430 g/mol. The summed E-state index contributed by atoms with van der Waals surface area (Å²) in [6.45, 7) is 0.0110. The van der Waals surface area contributed by atoms with Gasteiger partial charge in [0.1, 0.15) is 11.5 Å². The molecule has 0 aliphatic carbocycles. The van der Waals surface area contributed by atoms with Gasteiger partial charge in [0.15, 0.2) is 0 Å². The van der Waals surface area contributed by atoms with E-state index in [2.05, 4.69) is 6.07 Å². The van der Waals surface area contributed by atoms with E-state index in [9.17, 15) is 19.6 Å². The predicted molar refractivity (Wildman–Crippen MR) is 114 cm³/mol. The molecule has 0 unspecified atom stereocenters. The first-order valence-corrected chi connectivity index (χ1v) is 9.95. The zero-order chi connectivity index (χ0) is 22.0. The van der Waals surface area contributed by atoms with Gasteiger partial charge in [-0.25, -0.2) is 4.79 Å². The van der Waals surface area contributed by atoms with Crippen molar-refractivity contribution in [2.24, 2.45) is 0 Å². The Hall–Kier alpha value is -4.09. The first kappa shape index (κ1) is 20.2. The molecular formula is C23H14N2O5S. The lowest BCUT2D eigenvalue weighted by molar-refractivity contribution is -0.123. The third kappa shape index (κ3) is 4.13. The Kier molecular flexibility index (Phi) is 5.43. The zero-order valence-electron chi connectivity index (χ0n) is 15.9. The van der Waals surface area contributed by atoms with Gasteiger partial charge in [-0.2, -0.15) is 5.26 Å². The van der Waals surface area contributed by atoms with Crippen molar-refractivity contribution < 1.29 is 23.9 Å². The Labute approximate surface area is 181 Å². The second-order valence-corrected chi connectivity index (χ2v) is 7.62. The van der Waals surface area contributed by atoms with E-state index in [0.717, 1.165) is 16.7 Å². The topological polar surface area (TPSA) is 112 Å². The predicted octanol–water partition coefficient (Wildman–Crippen LogP) is 4.75. The average molecular weight is 430 g/mol. The van der Waals surface area contributed by atoms with Crippen molar-refractivity contribution in [3.63, 3.8) is 0 Å². The van der Waals surface area contributed by atoms with Crippen LogP contribution >= 0.6 is 11.8 Å². The van der Waals surface area contributed by atoms with Gasteiger partial charge in [0.2, 0.25) is 0 Å². The number of hydrogen-bond acceptors (Lipinski definition) is 6. The summed E-state index contributed by atoms with van der Waals surface area (Å²) in [5.41, 5.74) is 1.71. The molecule has 1 aromatic heterocycles. The molecule has 152 valence electrons. The number of carbonyl (C=O) groups is 3. The molecule has 0 bridgehead atoms. The first-order valence-electron chi connectivity index (χ1n) is 9.13. The minimum absolute atomic E-state index is 0.0110. The summed E-state index contributed by atoms with van der Waals surface area (Å²) >= 11 is 0.799. The van der Waals surface area contributed by atoms with Crippen molar-refractivity contribution in [3.8, 4) is 17.4 Å². The molecule has 8 heteroatoms. The Morgan fingerprint density at radius 2 is 1.94 bits per heavy atom. The number of carbonyl (C=O) groups excluding carboxylic acids is 2. The van der Waals surface area contributed by atoms with Crippen LogP contribution in [-0.4, -0.2) is 27.1 Å². The third-order valence-electron chi connectivity index (χ3n) is 4.63. The van der Waals surface area contributed by atoms with Gasteiger partial charge in [-0.3, -0.25) is 14.5 Å². The fourth-order valence-corrected chi connectivity index (χ4v) is 3.91. The maximum atomic E-state index is 12.7. The highest BCUT2D eigenvalue weighted by Crippen LogP contribution is 2.34. The second kappa shape index (κ2) is 8.34. The van der Waals surface area contributed by atoms with Gasteiger partial charge >= 0.3 is 5.97 Å². The molecule has 0 radical (unpaired) electrons. The van der Waals surface area contributed by atoms with Crippen LogP contribution in [0.25, 0.3) is 17.4 Å². The summed E-state index contributed by atoms with van der Waals surface area (Å²) in [7, 11) is 0. The van der Waals surface area contributed by atoms with Crippen molar-refractivity contribution >= 4 is 35.0 Å². The van der Waals surface area contributed by atoms with Crippen molar-refractivity contribution in [1.82, 2.24) is 4.90 Å². The van der Waals surface area contributed by atoms with Crippen LogP contribution in [0.3, 0.4) is 0 Å². The summed E-state index contributed by atoms with van der Waals surface area (Å²) < 4.78 is 5.73. The molecule has 2 amide bonds. The maximum absolute atomic E-state index is 12.7. The molecule has 4 rings (SSSR count). The van der Waals surface area contributed by atoms with E-state index in [1.165, 1.54) is 18.2 Å². The second-order valence-electron chi connectivity index (χ2n) is 6.62. The summed E-state index contributed by atoms with van der Waals surface area (Å²) in [5, 5.41) is 17.9. The zero-order valence-corrected chi connectivity index (χ0v) is 16.8. The number of thioether (sulfide) groups is 1. The largest absolute Gasteiger partial charge is 0.478 e. The Morgan fingerprint density at radius 3 is 2.71 bits per heavy atom. The molecule has 0 saturated carbocycles. The third-order valence-corrected chi connectivity index (χ3v) is 5.54. The van der Waals surface area contributed by atoms with E-state index in [1.807, 2.05) is 0 Å². The number of furan rings is 1. The lowest BCUT2D eigenvalue weighted by Gasteiger charge is -2.13. The number of imide groups is 1. The number of benzene rings is 2. The highest BCUT2D eigenvalue weighted by molar-refractivity contribution is 8.18. The van der Waals surface area contributed by atoms with E-state index in [4.69, 9.17) is 9.52 Å². The van der Waals surface area contributed by atoms with Crippen LogP contribution in [0.5, 0.6) is 0 Å². The minimum Gasteiger partial charge on any atom is -0.478 e. The van der Waals surface area contributed by atoms with E-state index in [1.54, 1.807) is 48.5 Å². The van der Waals surface area contributed by atoms with Crippen molar-refractivity contribution in [3.05, 3.63) is 88.0 Å². The molecular weight excluding hydrogens is 416 g/mol. The van der Waals surface area contributed by atoms with Crippen molar-refractivity contribution in [2.75, 3.05) is 0 Å². The SMILES string of the molecule is N#Cc1ccccc1CN1C(=O)S/C(=C\c2ccc(-c3cccc(C(=O)O)c3)o2)C1=O. The molecule has 1 saturated heterocycles. The molecule has 1 aliphatic heterocycles. The van der Waals surface area contributed by atoms with Crippen molar-refractivity contribution in [1.29, 1.82) is 5.26 Å². The van der Waals surface area contributed by atoms with E-state index in [0.29, 0.717) is 28.2 Å². The number of rotatable bonds is 5. The molecule has 0 atom stereocenters. The lowest BCUT2D eigenvalue weighted by atomic mass is 10.1. The lowest BCUT2D eigenvalue weighted by Crippen LogP contribution is -2.27. The van der Waals surface area contributed by atoms with Crippen LogP contribution in [0.2, 0.25) is 0 Å². The van der Waals surface area contributed by atoms with Crippen molar-refractivity contribution in [2.45, 2.75) is 6.54 Å². The summed E-state index contributed by atoms with van der Waals surface area (Å²) in [5.74, 6) is -0.705. The number of aromatic carboxylic acids is 1. The number of nitrogens with zero attached hydrogens (tertiary/aromatic N) is 2. The Bertz CT molecular complexity index is 1280. The van der Waals surface area contributed by atoms with Gasteiger partial charge in [-0.1, -0.05) is 30.3 Å². The molecule has 3 aromatic rings. The fraction of sp³-hybridized carbons (Fsp3) is 0.0435. The molecule has 7 nitrogen and oxygen atoms in total. The highest BCUT2D eigenvalue weighted by Gasteiger charge is 2.35. The van der Waals surface area contributed by atoms with Gasteiger partial charge in [0, 0.05) is 11.6 Å². The molecule has 1 aliphatic rings. The smallest absolute Gasteiger partial charge is 0.335 e. The molecule has 1 fully saturated rings. The number of hydrogen-bond donors (Lipinski definition) is 1. The maximum Gasteiger partial charge on any atom is 0.335 e. The van der Waals surface area contributed by atoms with Crippen LogP contribution in [0.4, 0.5) is 4.79 Å². The van der Waals surface area contributed by atoms with Gasteiger partial charge in [0.25, 0.3) is 11.1 Å².